The molecule has 0 atom stereocenters. The standard InChI is InChI=1S/C12H10FNO3S/c13-9-5-11(10(14)4-8(9)12(15)16)17-6-7-2-1-3-18-7/h1-5H,6,14H2,(H,15,16). The van der Waals surface area contributed by atoms with Gasteiger partial charge in [0.05, 0.1) is 11.3 Å². The Kier molecular flexibility index (Phi) is 3.47. The van der Waals surface area contributed by atoms with Gasteiger partial charge in [-0.15, -0.1) is 11.3 Å². The van der Waals surface area contributed by atoms with E-state index in [1.54, 1.807) is 0 Å². The van der Waals surface area contributed by atoms with Crippen molar-refractivity contribution in [3.05, 3.63) is 45.9 Å². The highest BCUT2D eigenvalue weighted by Crippen LogP contribution is 2.26. The molecule has 1 aromatic carbocycles. The van der Waals surface area contributed by atoms with Gasteiger partial charge in [0.2, 0.25) is 0 Å². The molecule has 4 nitrogen and oxygen atoms in total. The topological polar surface area (TPSA) is 72.6 Å². The Bertz CT molecular complexity index is 569. The molecule has 0 fully saturated rings. The van der Waals surface area contributed by atoms with E-state index in [4.69, 9.17) is 15.6 Å². The summed E-state index contributed by atoms with van der Waals surface area (Å²) in [6.45, 7) is 0.272. The van der Waals surface area contributed by atoms with Gasteiger partial charge in [0.25, 0.3) is 0 Å². The third kappa shape index (κ3) is 2.60. The summed E-state index contributed by atoms with van der Waals surface area (Å²) in [6.07, 6.45) is 0. The molecule has 0 aliphatic heterocycles. The number of anilines is 1. The zero-order valence-electron chi connectivity index (χ0n) is 9.22. The van der Waals surface area contributed by atoms with E-state index in [-0.39, 0.29) is 18.0 Å². The minimum atomic E-state index is -1.36. The van der Waals surface area contributed by atoms with Crippen LogP contribution in [0.2, 0.25) is 0 Å². The first kappa shape index (κ1) is 12.4. The van der Waals surface area contributed by atoms with Crippen molar-refractivity contribution in [1.29, 1.82) is 0 Å². The van der Waals surface area contributed by atoms with Crippen molar-refractivity contribution in [3.63, 3.8) is 0 Å². The largest absolute Gasteiger partial charge is 0.486 e. The van der Waals surface area contributed by atoms with Gasteiger partial charge in [-0.2, -0.15) is 0 Å². The predicted octanol–water partition coefficient (Wildman–Crippen LogP) is 2.75. The summed E-state index contributed by atoms with van der Waals surface area (Å²) in [5, 5.41) is 10.6. The normalized spacial score (nSPS) is 10.3. The first-order chi connectivity index (χ1) is 8.58. The molecular weight excluding hydrogens is 257 g/mol. The van der Waals surface area contributed by atoms with Gasteiger partial charge in [-0.05, 0) is 17.5 Å². The Morgan fingerprint density at radius 3 is 2.89 bits per heavy atom. The molecule has 0 aliphatic rings. The first-order valence-electron chi connectivity index (χ1n) is 5.05. The monoisotopic (exact) mass is 267 g/mol. The lowest BCUT2D eigenvalue weighted by Gasteiger charge is -2.09. The third-order valence-electron chi connectivity index (χ3n) is 2.28. The van der Waals surface area contributed by atoms with E-state index < -0.39 is 17.3 Å². The van der Waals surface area contributed by atoms with E-state index in [0.717, 1.165) is 17.0 Å². The molecule has 18 heavy (non-hydrogen) atoms. The van der Waals surface area contributed by atoms with Gasteiger partial charge in [0.15, 0.2) is 0 Å². The molecule has 0 amide bonds. The molecule has 0 saturated heterocycles. The predicted molar refractivity (Wildman–Crippen MR) is 66.4 cm³/mol. The number of nitrogen functional groups attached to an aromatic ring is 1. The van der Waals surface area contributed by atoms with Gasteiger partial charge in [0, 0.05) is 10.9 Å². The number of rotatable bonds is 4. The van der Waals surface area contributed by atoms with Crippen LogP contribution in [-0.4, -0.2) is 11.1 Å². The molecule has 94 valence electrons. The van der Waals surface area contributed by atoms with Crippen LogP contribution in [0, 0.1) is 5.82 Å². The van der Waals surface area contributed by atoms with Crippen LogP contribution in [0.5, 0.6) is 5.75 Å². The zero-order chi connectivity index (χ0) is 13.1. The van der Waals surface area contributed by atoms with Crippen molar-refractivity contribution >= 4 is 23.0 Å². The van der Waals surface area contributed by atoms with E-state index in [0.29, 0.717) is 0 Å². The Hall–Kier alpha value is -2.08. The van der Waals surface area contributed by atoms with Crippen LogP contribution in [0.25, 0.3) is 0 Å². The number of hydrogen-bond donors (Lipinski definition) is 2. The minimum Gasteiger partial charge on any atom is -0.486 e. The number of carboxylic acids is 1. The molecule has 0 unspecified atom stereocenters. The fraction of sp³-hybridized carbons (Fsp3) is 0.0833. The summed E-state index contributed by atoms with van der Waals surface area (Å²) in [5.41, 5.74) is 5.26. The van der Waals surface area contributed by atoms with E-state index in [2.05, 4.69) is 0 Å². The molecular formula is C12H10FNO3S. The molecule has 0 saturated carbocycles. The molecule has 1 aromatic heterocycles. The third-order valence-corrected chi connectivity index (χ3v) is 3.13. The van der Waals surface area contributed by atoms with Gasteiger partial charge in [-0.1, -0.05) is 6.07 Å². The number of aromatic carboxylic acids is 1. The van der Waals surface area contributed by atoms with Crippen LogP contribution in [-0.2, 0) is 6.61 Å². The van der Waals surface area contributed by atoms with Gasteiger partial charge in [-0.3, -0.25) is 0 Å². The van der Waals surface area contributed by atoms with Crippen LogP contribution < -0.4 is 10.5 Å². The summed E-state index contributed by atoms with van der Waals surface area (Å²) in [4.78, 5) is 11.7. The van der Waals surface area contributed by atoms with Gasteiger partial charge < -0.3 is 15.6 Å². The van der Waals surface area contributed by atoms with Crippen LogP contribution in [0.1, 0.15) is 15.2 Å². The number of carbonyl (C=O) groups is 1. The molecule has 2 aromatic rings. The lowest BCUT2D eigenvalue weighted by Crippen LogP contribution is -2.04. The van der Waals surface area contributed by atoms with Gasteiger partial charge >= 0.3 is 5.97 Å². The number of benzene rings is 1. The maximum Gasteiger partial charge on any atom is 0.338 e. The molecule has 0 bridgehead atoms. The second kappa shape index (κ2) is 5.05. The lowest BCUT2D eigenvalue weighted by molar-refractivity contribution is 0.0692. The molecule has 6 heteroatoms. The van der Waals surface area contributed by atoms with E-state index in [9.17, 15) is 9.18 Å². The Balaban J connectivity index is 2.19. The van der Waals surface area contributed by atoms with E-state index in [1.165, 1.54) is 11.3 Å². The SMILES string of the molecule is Nc1cc(C(=O)O)c(F)cc1OCc1cccs1. The highest BCUT2D eigenvalue weighted by Gasteiger charge is 2.14. The smallest absolute Gasteiger partial charge is 0.338 e. The van der Waals surface area contributed by atoms with E-state index in [1.807, 2.05) is 17.5 Å². The van der Waals surface area contributed by atoms with Gasteiger partial charge in [-0.25, -0.2) is 9.18 Å². The molecule has 0 aliphatic carbocycles. The Morgan fingerprint density at radius 2 is 2.28 bits per heavy atom. The molecule has 0 radical (unpaired) electrons. The second-order valence-electron chi connectivity index (χ2n) is 3.54. The van der Waals surface area contributed by atoms with Crippen molar-refractivity contribution in [1.82, 2.24) is 0 Å². The van der Waals surface area contributed by atoms with Crippen molar-refractivity contribution in [3.8, 4) is 5.75 Å². The fourth-order valence-corrected chi connectivity index (χ4v) is 2.02. The van der Waals surface area contributed by atoms with Crippen molar-refractivity contribution in [2.75, 3.05) is 5.73 Å². The number of hydrogen-bond acceptors (Lipinski definition) is 4. The average molecular weight is 267 g/mol. The molecule has 0 spiro atoms. The second-order valence-corrected chi connectivity index (χ2v) is 4.58. The molecule has 3 N–H and O–H groups in total. The average Bonchev–Trinajstić information content (AvgIpc) is 2.82. The van der Waals surface area contributed by atoms with Crippen molar-refractivity contribution in [2.24, 2.45) is 0 Å². The summed E-state index contributed by atoms with van der Waals surface area (Å²) in [7, 11) is 0. The van der Waals surface area contributed by atoms with Crippen molar-refractivity contribution < 1.29 is 19.0 Å². The Morgan fingerprint density at radius 1 is 1.50 bits per heavy atom. The van der Waals surface area contributed by atoms with Crippen LogP contribution in [0.3, 0.4) is 0 Å². The van der Waals surface area contributed by atoms with Gasteiger partial charge in [0.1, 0.15) is 18.2 Å². The molecule has 1 heterocycles. The highest BCUT2D eigenvalue weighted by molar-refractivity contribution is 7.09. The molecule has 2 rings (SSSR count). The lowest BCUT2D eigenvalue weighted by atomic mass is 10.2. The first-order valence-corrected chi connectivity index (χ1v) is 5.93. The number of carboxylic acid groups (broad SMARTS) is 1. The number of ether oxygens (including phenoxy) is 1. The van der Waals surface area contributed by atoms with Crippen LogP contribution in [0.4, 0.5) is 10.1 Å². The van der Waals surface area contributed by atoms with Crippen molar-refractivity contribution in [2.45, 2.75) is 6.61 Å². The van der Waals surface area contributed by atoms with Crippen LogP contribution >= 0.6 is 11.3 Å². The van der Waals surface area contributed by atoms with E-state index >= 15 is 0 Å². The summed E-state index contributed by atoms with van der Waals surface area (Å²) in [5.74, 6) is -2.08. The number of thiophene rings is 1. The Labute approximate surface area is 106 Å². The summed E-state index contributed by atoms with van der Waals surface area (Å²) in [6, 6.07) is 5.80. The highest BCUT2D eigenvalue weighted by atomic mass is 32.1. The summed E-state index contributed by atoms with van der Waals surface area (Å²) < 4.78 is 18.8. The summed E-state index contributed by atoms with van der Waals surface area (Å²) >= 11 is 1.51. The minimum absolute atomic E-state index is 0.102. The maximum absolute atomic E-state index is 13.4. The zero-order valence-corrected chi connectivity index (χ0v) is 10.0. The number of halogens is 1. The van der Waals surface area contributed by atoms with Crippen LogP contribution in [0.15, 0.2) is 29.6 Å². The fourth-order valence-electron chi connectivity index (χ4n) is 1.40. The quantitative estimate of drug-likeness (QED) is 0.835. The number of nitrogens with two attached hydrogens (primary N) is 1. The maximum atomic E-state index is 13.4.